The Morgan fingerprint density at radius 2 is 2.06 bits per heavy atom. The van der Waals surface area contributed by atoms with E-state index in [9.17, 15) is 0 Å². The van der Waals surface area contributed by atoms with Crippen molar-refractivity contribution in [2.45, 2.75) is 26.7 Å². The summed E-state index contributed by atoms with van der Waals surface area (Å²) in [5, 5.41) is 3.26. The molecule has 0 bridgehead atoms. The molecule has 0 aliphatic carbocycles. The molecule has 0 saturated carbocycles. The SMILES string of the molecule is COCCCNc1cc(OC)nc(CC(C)C)n1. The van der Waals surface area contributed by atoms with Crippen molar-refractivity contribution in [1.82, 2.24) is 9.97 Å². The van der Waals surface area contributed by atoms with Gasteiger partial charge in [0.05, 0.1) is 7.11 Å². The number of ether oxygens (including phenoxy) is 2. The van der Waals surface area contributed by atoms with Crippen LogP contribution in [0.2, 0.25) is 0 Å². The molecule has 5 heteroatoms. The highest BCUT2D eigenvalue weighted by molar-refractivity contribution is 5.38. The molecule has 1 aromatic heterocycles. The smallest absolute Gasteiger partial charge is 0.218 e. The average molecular weight is 253 g/mol. The minimum atomic E-state index is 0.526. The van der Waals surface area contributed by atoms with Crippen LogP contribution in [0, 0.1) is 5.92 Å². The molecule has 1 aromatic rings. The van der Waals surface area contributed by atoms with Gasteiger partial charge in [-0.3, -0.25) is 0 Å². The number of nitrogens with one attached hydrogen (secondary N) is 1. The molecule has 1 rings (SSSR count). The van der Waals surface area contributed by atoms with Crippen LogP contribution in [0.25, 0.3) is 0 Å². The maximum absolute atomic E-state index is 5.19. The number of rotatable bonds is 8. The van der Waals surface area contributed by atoms with E-state index >= 15 is 0 Å². The van der Waals surface area contributed by atoms with Crippen molar-refractivity contribution in [3.05, 3.63) is 11.9 Å². The number of hydrogen-bond acceptors (Lipinski definition) is 5. The number of nitrogens with zero attached hydrogens (tertiary/aromatic N) is 2. The molecule has 5 nitrogen and oxygen atoms in total. The predicted molar refractivity (Wildman–Crippen MR) is 72.1 cm³/mol. The van der Waals surface area contributed by atoms with E-state index < -0.39 is 0 Å². The molecule has 0 spiro atoms. The third-order valence-corrected chi connectivity index (χ3v) is 2.38. The Bertz CT molecular complexity index is 356. The fraction of sp³-hybridized carbons (Fsp3) is 0.692. The summed E-state index contributed by atoms with van der Waals surface area (Å²) in [6.45, 7) is 5.87. The maximum Gasteiger partial charge on any atom is 0.218 e. The quantitative estimate of drug-likeness (QED) is 0.719. The lowest BCUT2D eigenvalue weighted by molar-refractivity contribution is 0.197. The Kier molecular flexibility index (Phi) is 6.43. The number of methoxy groups -OCH3 is 2. The first-order chi connectivity index (χ1) is 8.65. The normalized spacial score (nSPS) is 10.7. The number of aromatic nitrogens is 2. The van der Waals surface area contributed by atoms with Crippen molar-refractivity contribution < 1.29 is 9.47 Å². The highest BCUT2D eigenvalue weighted by atomic mass is 16.5. The molecule has 0 radical (unpaired) electrons. The van der Waals surface area contributed by atoms with Crippen LogP contribution in [0.3, 0.4) is 0 Å². The molecule has 0 unspecified atom stereocenters. The van der Waals surface area contributed by atoms with Crippen LogP contribution in [-0.2, 0) is 11.2 Å². The van der Waals surface area contributed by atoms with Crippen LogP contribution in [0.1, 0.15) is 26.1 Å². The molecular formula is C13H23N3O2. The Labute approximate surface area is 109 Å². The zero-order valence-corrected chi connectivity index (χ0v) is 11.7. The fourth-order valence-corrected chi connectivity index (χ4v) is 1.56. The standard InChI is InChI=1S/C13H23N3O2/c1-10(2)8-12-15-11(9-13(16-12)18-4)14-6-5-7-17-3/h9-10H,5-8H2,1-4H3,(H,14,15,16). The summed E-state index contributed by atoms with van der Waals surface area (Å²) >= 11 is 0. The lowest BCUT2D eigenvalue weighted by Crippen LogP contribution is -2.09. The molecule has 0 atom stereocenters. The molecule has 0 aromatic carbocycles. The molecule has 102 valence electrons. The third kappa shape index (κ3) is 5.31. The van der Waals surface area contributed by atoms with Gasteiger partial charge in [-0.2, -0.15) is 4.98 Å². The second-order valence-electron chi connectivity index (χ2n) is 4.58. The van der Waals surface area contributed by atoms with Crippen LogP contribution in [0.15, 0.2) is 6.07 Å². The van der Waals surface area contributed by atoms with Crippen molar-refractivity contribution in [2.24, 2.45) is 5.92 Å². The van der Waals surface area contributed by atoms with E-state index in [0.717, 1.165) is 37.6 Å². The number of hydrogen-bond donors (Lipinski definition) is 1. The summed E-state index contributed by atoms with van der Waals surface area (Å²) in [6, 6.07) is 1.82. The summed E-state index contributed by atoms with van der Waals surface area (Å²) in [5.41, 5.74) is 0. The van der Waals surface area contributed by atoms with E-state index in [1.807, 2.05) is 6.07 Å². The molecule has 1 N–H and O–H groups in total. The van der Waals surface area contributed by atoms with Gasteiger partial charge in [-0.15, -0.1) is 0 Å². The predicted octanol–water partition coefficient (Wildman–Crippen LogP) is 2.13. The third-order valence-electron chi connectivity index (χ3n) is 2.38. The Hall–Kier alpha value is -1.36. The monoisotopic (exact) mass is 253 g/mol. The van der Waals surface area contributed by atoms with Crippen LogP contribution in [0.5, 0.6) is 5.88 Å². The van der Waals surface area contributed by atoms with Crippen molar-refractivity contribution in [1.29, 1.82) is 0 Å². The van der Waals surface area contributed by atoms with E-state index in [-0.39, 0.29) is 0 Å². The van der Waals surface area contributed by atoms with E-state index in [0.29, 0.717) is 11.8 Å². The summed E-state index contributed by atoms with van der Waals surface area (Å²) in [6.07, 6.45) is 1.80. The molecule has 1 heterocycles. The van der Waals surface area contributed by atoms with E-state index in [1.54, 1.807) is 14.2 Å². The second-order valence-corrected chi connectivity index (χ2v) is 4.58. The van der Waals surface area contributed by atoms with Gasteiger partial charge < -0.3 is 14.8 Å². The lowest BCUT2D eigenvalue weighted by Gasteiger charge is -2.10. The second kappa shape index (κ2) is 7.87. The van der Waals surface area contributed by atoms with Gasteiger partial charge in [0.25, 0.3) is 0 Å². The first-order valence-corrected chi connectivity index (χ1v) is 6.30. The number of anilines is 1. The van der Waals surface area contributed by atoms with Gasteiger partial charge in [0.15, 0.2) is 0 Å². The first-order valence-electron chi connectivity index (χ1n) is 6.30. The molecule has 0 amide bonds. The van der Waals surface area contributed by atoms with E-state index in [4.69, 9.17) is 9.47 Å². The molecule has 0 fully saturated rings. The molecule has 0 aliphatic rings. The van der Waals surface area contributed by atoms with E-state index in [1.165, 1.54) is 0 Å². The van der Waals surface area contributed by atoms with Crippen LogP contribution >= 0.6 is 0 Å². The van der Waals surface area contributed by atoms with Crippen molar-refractivity contribution >= 4 is 5.82 Å². The fourth-order valence-electron chi connectivity index (χ4n) is 1.56. The van der Waals surface area contributed by atoms with Crippen LogP contribution in [-0.4, -0.2) is 37.3 Å². The lowest BCUT2D eigenvalue weighted by atomic mass is 10.1. The highest BCUT2D eigenvalue weighted by Gasteiger charge is 2.06. The Morgan fingerprint density at radius 1 is 1.28 bits per heavy atom. The molecule has 0 aliphatic heterocycles. The van der Waals surface area contributed by atoms with E-state index in [2.05, 4.69) is 29.1 Å². The minimum Gasteiger partial charge on any atom is -0.481 e. The zero-order valence-electron chi connectivity index (χ0n) is 11.7. The summed E-state index contributed by atoms with van der Waals surface area (Å²) in [4.78, 5) is 8.81. The molecule has 0 saturated heterocycles. The van der Waals surface area contributed by atoms with Crippen molar-refractivity contribution in [3.63, 3.8) is 0 Å². The van der Waals surface area contributed by atoms with Crippen LogP contribution < -0.4 is 10.1 Å². The van der Waals surface area contributed by atoms with Gasteiger partial charge in [-0.1, -0.05) is 13.8 Å². The minimum absolute atomic E-state index is 0.526. The van der Waals surface area contributed by atoms with Gasteiger partial charge >= 0.3 is 0 Å². The topological polar surface area (TPSA) is 56.3 Å². The highest BCUT2D eigenvalue weighted by Crippen LogP contribution is 2.15. The Morgan fingerprint density at radius 3 is 2.67 bits per heavy atom. The maximum atomic E-state index is 5.19. The Balaban J connectivity index is 2.64. The summed E-state index contributed by atoms with van der Waals surface area (Å²) in [5.74, 6) is 2.76. The van der Waals surface area contributed by atoms with Crippen molar-refractivity contribution in [2.75, 3.05) is 32.7 Å². The van der Waals surface area contributed by atoms with Gasteiger partial charge in [0, 0.05) is 32.7 Å². The molecule has 18 heavy (non-hydrogen) atoms. The summed E-state index contributed by atoms with van der Waals surface area (Å²) in [7, 11) is 3.32. The first kappa shape index (κ1) is 14.7. The van der Waals surface area contributed by atoms with Crippen molar-refractivity contribution in [3.8, 4) is 5.88 Å². The van der Waals surface area contributed by atoms with Gasteiger partial charge in [0.2, 0.25) is 5.88 Å². The van der Waals surface area contributed by atoms with Gasteiger partial charge in [0.1, 0.15) is 11.6 Å². The summed E-state index contributed by atoms with van der Waals surface area (Å²) < 4.78 is 10.2. The average Bonchev–Trinajstić information content (AvgIpc) is 2.33. The van der Waals surface area contributed by atoms with Gasteiger partial charge in [-0.05, 0) is 12.3 Å². The van der Waals surface area contributed by atoms with Gasteiger partial charge in [-0.25, -0.2) is 4.98 Å². The largest absolute Gasteiger partial charge is 0.481 e. The molecular weight excluding hydrogens is 230 g/mol. The zero-order chi connectivity index (χ0) is 13.4. The van der Waals surface area contributed by atoms with Crippen LogP contribution in [0.4, 0.5) is 5.82 Å².